The van der Waals surface area contributed by atoms with Crippen molar-refractivity contribution < 1.29 is 9.47 Å². The van der Waals surface area contributed by atoms with Crippen molar-refractivity contribution in [3.63, 3.8) is 0 Å². The van der Waals surface area contributed by atoms with E-state index in [0.717, 1.165) is 37.4 Å². The first-order valence-electron chi connectivity index (χ1n) is 9.08. The van der Waals surface area contributed by atoms with Gasteiger partial charge in [0.15, 0.2) is 0 Å². The summed E-state index contributed by atoms with van der Waals surface area (Å²) >= 11 is 6.18. The van der Waals surface area contributed by atoms with Crippen LogP contribution in [0.3, 0.4) is 0 Å². The number of aryl methyl sites for hydroxylation is 2. The summed E-state index contributed by atoms with van der Waals surface area (Å²) in [6.45, 7) is 10.3. The zero-order valence-corrected chi connectivity index (χ0v) is 17.2. The molecule has 4 heteroatoms. The molecule has 3 nitrogen and oxygen atoms in total. The summed E-state index contributed by atoms with van der Waals surface area (Å²) in [6.07, 6.45) is 2.10. The molecule has 2 rings (SSSR count). The highest BCUT2D eigenvalue weighted by molar-refractivity contribution is 6.32. The van der Waals surface area contributed by atoms with Gasteiger partial charge < -0.3 is 14.8 Å². The number of halogens is 1. The Bertz CT molecular complexity index is 728. The van der Waals surface area contributed by atoms with Crippen molar-refractivity contribution in [1.29, 1.82) is 0 Å². The zero-order chi connectivity index (χ0) is 19.2. The van der Waals surface area contributed by atoms with Gasteiger partial charge >= 0.3 is 0 Å². The smallest absolute Gasteiger partial charge is 0.137 e. The number of nitrogens with one attached hydrogen (secondary N) is 1. The SMILES string of the molecule is COc1ccc(NCC(C)(C)CCCOc2cc(C)ccc2C)cc1Cl. The van der Waals surface area contributed by atoms with Gasteiger partial charge in [0.25, 0.3) is 0 Å². The first-order chi connectivity index (χ1) is 12.3. The molecule has 0 atom stereocenters. The minimum absolute atomic E-state index is 0.164. The summed E-state index contributed by atoms with van der Waals surface area (Å²) in [5.74, 6) is 1.69. The molecule has 0 fully saturated rings. The summed E-state index contributed by atoms with van der Waals surface area (Å²) < 4.78 is 11.2. The van der Waals surface area contributed by atoms with E-state index < -0.39 is 0 Å². The van der Waals surface area contributed by atoms with Crippen LogP contribution in [0.4, 0.5) is 5.69 Å². The predicted molar refractivity (Wildman–Crippen MR) is 111 cm³/mol. The molecular formula is C22H30ClNO2. The van der Waals surface area contributed by atoms with E-state index in [1.165, 1.54) is 11.1 Å². The van der Waals surface area contributed by atoms with E-state index in [4.69, 9.17) is 21.1 Å². The van der Waals surface area contributed by atoms with Gasteiger partial charge in [-0.25, -0.2) is 0 Å². The summed E-state index contributed by atoms with van der Waals surface area (Å²) in [7, 11) is 1.62. The Morgan fingerprint density at radius 1 is 1.04 bits per heavy atom. The van der Waals surface area contributed by atoms with Crippen LogP contribution >= 0.6 is 11.6 Å². The fourth-order valence-electron chi connectivity index (χ4n) is 2.80. The van der Waals surface area contributed by atoms with Crippen LogP contribution in [0.2, 0.25) is 5.02 Å². The van der Waals surface area contributed by atoms with E-state index >= 15 is 0 Å². The molecule has 0 aromatic heterocycles. The number of hydrogen-bond acceptors (Lipinski definition) is 3. The van der Waals surface area contributed by atoms with Gasteiger partial charge in [0.1, 0.15) is 11.5 Å². The van der Waals surface area contributed by atoms with E-state index in [1.807, 2.05) is 18.2 Å². The molecule has 0 aliphatic heterocycles. The van der Waals surface area contributed by atoms with E-state index in [0.29, 0.717) is 10.8 Å². The molecule has 0 aliphatic rings. The van der Waals surface area contributed by atoms with Crippen LogP contribution in [-0.4, -0.2) is 20.3 Å². The number of benzene rings is 2. The predicted octanol–water partition coefficient (Wildman–Crippen LogP) is 6.26. The fourth-order valence-corrected chi connectivity index (χ4v) is 3.06. The second-order valence-electron chi connectivity index (χ2n) is 7.59. The second-order valence-corrected chi connectivity index (χ2v) is 8.00. The number of methoxy groups -OCH3 is 1. The molecule has 2 aromatic carbocycles. The van der Waals surface area contributed by atoms with Crippen LogP contribution in [-0.2, 0) is 0 Å². The van der Waals surface area contributed by atoms with Crippen molar-refractivity contribution in [2.24, 2.45) is 5.41 Å². The van der Waals surface area contributed by atoms with Gasteiger partial charge in [-0.05, 0) is 67.5 Å². The maximum Gasteiger partial charge on any atom is 0.137 e. The molecular weight excluding hydrogens is 346 g/mol. The number of ether oxygens (including phenoxy) is 2. The van der Waals surface area contributed by atoms with Gasteiger partial charge in [-0.1, -0.05) is 37.6 Å². The normalized spacial score (nSPS) is 11.3. The molecule has 0 spiro atoms. The molecule has 0 amide bonds. The maximum absolute atomic E-state index is 6.18. The zero-order valence-electron chi connectivity index (χ0n) is 16.5. The van der Waals surface area contributed by atoms with Crippen molar-refractivity contribution in [1.82, 2.24) is 0 Å². The lowest BCUT2D eigenvalue weighted by Gasteiger charge is -2.26. The van der Waals surface area contributed by atoms with Crippen molar-refractivity contribution in [3.05, 3.63) is 52.5 Å². The quantitative estimate of drug-likeness (QED) is 0.524. The van der Waals surface area contributed by atoms with Gasteiger partial charge in [-0.3, -0.25) is 0 Å². The first-order valence-corrected chi connectivity index (χ1v) is 9.46. The summed E-state index contributed by atoms with van der Waals surface area (Å²) in [5.41, 5.74) is 3.59. The second kappa shape index (κ2) is 9.18. The Hall–Kier alpha value is -1.87. The highest BCUT2D eigenvalue weighted by atomic mass is 35.5. The molecule has 1 N–H and O–H groups in total. The van der Waals surface area contributed by atoms with Crippen molar-refractivity contribution in [2.75, 3.05) is 25.6 Å². The summed E-state index contributed by atoms with van der Waals surface area (Å²) in [6, 6.07) is 12.1. The largest absolute Gasteiger partial charge is 0.495 e. The van der Waals surface area contributed by atoms with Gasteiger partial charge in [-0.15, -0.1) is 0 Å². The molecule has 26 heavy (non-hydrogen) atoms. The minimum atomic E-state index is 0.164. The van der Waals surface area contributed by atoms with Gasteiger partial charge in [0, 0.05) is 12.2 Å². The monoisotopic (exact) mass is 375 g/mol. The Morgan fingerprint density at radius 3 is 2.50 bits per heavy atom. The average molecular weight is 376 g/mol. The lowest BCUT2D eigenvalue weighted by atomic mass is 9.88. The molecule has 142 valence electrons. The topological polar surface area (TPSA) is 30.5 Å². The fraction of sp³-hybridized carbons (Fsp3) is 0.455. The van der Waals surface area contributed by atoms with Crippen LogP contribution < -0.4 is 14.8 Å². The van der Waals surface area contributed by atoms with Crippen molar-refractivity contribution in [2.45, 2.75) is 40.5 Å². The van der Waals surface area contributed by atoms with E-state index in [-0.39, 0.29) is 5.41 Å². The number of hydrogen-bond donors (Lipinski definition) is 1. The number of rotatable bonds is 9. The average Bonchev–Trinajstić information content (AvgIpc) is 2.60. The van der Waals surface area contributed by atoms with Crippen LogP contribution in [0.1, 0.15) is 37.8 Å². The van der Waals surface area contributed by atoms with E-state index in [1.54, 1.807) is 7.11 Å². The molecule has 0 radical (unpaired) electrons. The lowest BCUT2D eigenvalue weighted by Crippen LogP contribution is -2.23. The van der Waals surface area contributed by atoms with E-state index in [9.17, 15) is 0 Å². The van der Waals surface area contributed by atoms with Gasteiger partial charge in [0.05, 0.1) is 18.7 Å². The molecule has 0 aliphatic carbocycles. The van der Waals surface area contributed by atoms with Crippen LogP contribution in [0.15, 0.2) is 36.4 Å². The van der Waals surface area contributed by atoms with Gasteiger partial charge in [-0.2, -0.15) is 0 Å². The third-order valence-electron chi connectivity index (χ3n) is 4.52. The molecule has 2 aromatic rings. The minimum Gasteiger partial charge on any atom is -0.495 e. The summed E-state index contributed by atoms with van der Waals surface area (Å²) in [5, 5.41) is 4.09. The third kappa shape index (κ3) is 6.14. The van der Waals surface area contributed by atoms with Gasteiger partial charge in [0.2, 0.25) is 0 Å². The highest BCUT2D eigenvalue weighted by Gasteiger charge is 2.17. The molecule has 0 heterocycles. The Kier molecular flexibility index (Phi) is 7.22. The third-order valence-corrected chi connectivity index (χ3v) is 4.82. The Labute approximate surface area is 162 Å². The maximum atomic E-state index is 6.18. The Balaban J connectivity index is 1.77. The van der Waals surface area contributed by atoms with Crippen molar-refractivity contribution in [3.8, 4) is 11.5 Å². The highest BCUT2D eigenvalue weighted by Crippen LogP contribution is 2.29. The van der Waals surface area contributed by atoms with Crippen LogP contribution in [0, 0.1) is 19.3 Å². The van der Waals surface area contributed by atoms with Crippen LogP contribution in [0.25, 0.3) is 0 Å². The Morgan fingerprint density at radius 2 is 1.81 bits per heavy atom. The molecule has 0 bridgehead atoms. The first kappa shape index (κ1) is 20.4. The van der Waals surface area contributed by atoms with Crippen molar-refractivity contribution >= 4 is 17.3 Å². The van der Waals surface area contributed by atoms with Crippen LogP contribution in [0.5, 0.6) is 11.5 Å². The molecule has 0 saturated heterocycles. The summed E-state index contributed by atoms with van der Waals surface area (Å²) in [4.78, 5) is 0. The lowest BCUT2D eigenvalue weighted by molar-refractivity contribution is 0.263. The molecule has 0 saturated carbocycles. The molecule has 0 unspecified atom stereocenters. The standard InChI is InChI=1S/C22H30ClNO2/c1-16-7-8-17(2)21(13-16)26-12-6-11-22(3,4)15-24-18-9-10-20(25-5)19(23)14-18/h7-10,13-14,24H,6,11-12,15H2,1-5H3. The van der Waals surface area contributed by atoms with E-state index in [2.05, 4.69) is 51.2 Å². The number of anilines is 1.